The second-order valence-corrected chi connectivity index (χ2v) is 16.4. The first kappa shape index (κ1) is 30.5. The first-order valence-corrected chi connectivity index (χ1v) is 16.2. The van der Waals surface area contributed by atoms with E-state index in [1.807, 2.05) is 73.8 Å². The fourth-order valence-corrected chi connectivity index (χ4v) is 6.15. The largest absolute Gasteiger partial charge is 0.469 e. The molecular weight excluding hydrogens is 514 g/mol. The molecule has 1 aliphatic heterocycles. The number of nitrogens with zero attached hydrogens (tertiary/aromatic N) is 1. The molecule has 0 aromatic heterocycles. The van der Waals surface area contributed by atoms with Crippen LogP contribution in [0, 0.1) is 5.92 Å². The molecule has 1 fully saturated rings. The van der Waals surface area contributed by atoms with Crippen molar-refractivity contribution in [1.29, 1.82) is 0 Å². The third-order valence-electron chi connectivity index (χ3n) is 7.96. The summed E-state index contributed by atoms with van der Waals surface area (Å²) in [6.07, 6.45) is -3.33. The highest BCUT2D eigenvalue weighted by Crippen LogP contribution is 2.39. The van der Waals surface area contributed by atoms with Crippen molar-refractivity contribution in [2.24, 2.45) is 5.92 Å². The Labute approximate surface area is 232 Å². The van der Waals surface area contributed by atoms with Gasteiger partial charge >= 0.3 is 12.1 Å². The molecule has 1 saturated heterocycles. The lowest BCUT2D eigenvalue weighted by atomic mass is 9.84. The predicted molar refractivity (Wildman–Crippen MR) is 151 cm³/mol. The number of hydrogen-bond acceptors (Lipinski definition) is 7. The van der Waals surface area contributed by atoms with Crippen LogP contribution in [0.2, 0.25) is 18.1 Å². The molecule has 1 N–H and O–H groups in total. The van der Waals surface area contributed by atoms with Crippen LogP contribution < -0.4 is 0 Å². The highest BCUT2D eigenvalue weighted by atomic mass is 28.4. The summed E-state index contributed by atoms with van der Waals surface area (Å²) in [6, 6.07) is 18.5. The summed E-state index contributed by atoms with van der Waals surface area (Å²) in [6.45, 7) is 12.0. The van der Waals surface area contributed by atoms with Gasteiger partial charge in [-0.05, 0) is 36.2 Å². The molecule has 4 atom stereocenters. The summed E-state index contributed by atoms with van der Waals surface area (Å²) < 4.78 is 16.6. The van der Waals surface area contributed by atoms with Crippen molar-refractivity contribution in [3.63, 3.8) is 0 Å². The van der Waals surface area contributed by atoms with Crippen molar-refractivity contribution >= 4 is 26.3 Å². The van der Waals surface area contributed by atoms with Crippen LogP contribution in [0.3, 0.4) is 0 Å². The lowest BCUT2D eigenvalue weighted by molar-refractivity contribution is -0.151. The monoisotopic (exact) mass is 555 g/mol. The van der Waals surface area contributed by atoms with Crippen molar-refractivity contribution in [2.45, 2.75) is 76.4 Å². The van der Waals surface area contributed by atoms with Gasteiger partial charge in [-0.25, -0.2) is 9.69 Å². The number of imide groups is 1. The molecule has 2 amide bonds. The molecular formula is C30H41NO7Si. The van der Waals surface area contributed by atoms with Gasteiger partial charge in [-0.2, -0.15) is 0 Å². The molecule has 3 rings (SSSR count). The fourth-order valence-electron chi connectivity index (χ4n) is 4.73. The van der Waals surface area contributed by atoms with E-state index in [1.54, 1.807) is 6.92 Å². The van der Waals surface area contributed by atoms with Gasteiger partial charge < -0.3 is 19.0 Å². The Hall–Kier alpha value is -3.01. The summed E-state index contributed by atoms with van der Waals surface area (Å²) in [5, 5.41) is 11.3. The summed E-state index contributed by atoms with van der Waals surface area (Å²) in [4.78, 5) is 40.6. The number of amides is 2. The average molecular weight is 556 g/mol. The van der Waals surface area contributed by atoms with E-state index in [-0.39, 0.29) is 17.6 Å². The minimum absolute atomic E-state index is 0.0178. The van der Waals surface area contributed by atoms with E-state index in [9.17, 15) is 19.5 Å². The number of carbonyl (C=O) groups excluding carboxylic acids is 3. The van der Waals surface area contributed by atoms with Crippen LogP contribution in [0.15, 0.2) is 60.7 Å². The van der Waals surface area contributed by atoms with Gasteiger partial charge in [0.15, 0.2) is 8.32 Å². The van der Waals surface area contributed by atoms with Crippen LogP contribution >= 0.6 is 0 Å². The van der Waals surface area contributed by atoms with Gasteiger partial charge in [0.1, 0.15) is 6.61 Å². The Morgan fingerprint density at radius 2 is 1.56 bits per heavy atom. The number of cyclic esters (lactones) is 1. The average Bonchev–Trinajstić information content (AvgIpc) is 3.27. The maximum Gasteiger partial charge on any atom is 0.417 e. The molecule has 0 spiro atoms. The van der Waals surface area contributed by atoms with E-state index < -0.39 is 56.9 Å². The predicted octanol–water partition coefficient (Wildman–Crippen LogP) is 5.12. The van der Waals surface area contributed by atoms with Crippen molar-refractivity contribution < 1.29 is 33.4 Å². The molecule has 1 heterocycles. The number of rotatable bonds is 10. The Balaban J connectivity index is 1.99. The molecule has 2 aromatic rings. The maximum atomic E-state index is 14.1. The van der Waals surface area contributed by atoms with Crippen LogP contribution in [-0.4, -0.2) is 68.3 Å². The van der Waals surface area contributed by atoms with Gasteiger partial charge in [-0.3, -0.25) is 9.59 Å². The number of hydrogen-bond donors (Lipinski definition) is 1. The Morgan fingerprint density at radius 1 is 1.05 bits per heavy atom. The van der Waals surface area contributed by atoms with Crippen molar-refractivity contribution in [1.82, 2.24) is 4.90 Å². The number of aliphatic hydroxyl groups excluding tert-OH is 1. The zero-order valence-corrected chi connectivity index (χ0v) is 24.9. The number of benzene rings is 2. The number of esters is 1. The van der Waals surface area contributed by atoms with Crippen molar-refractivity contribution in [3.8, 4) is 0 Å². The minimum Gasteiger partial charge on any atom is -0.469 e. The standard InChI is InChI=1S/C30H41NO7Si/c1-20(38-39(6,7)30(2,3)4)27(33)23(18-25(32)36-5)28(34)31-24(19-37-29(31)35)26(21-14-10-8-11-15-21)22-16-12-9-13-17-22/h8-17,20,23-24,26-27,33H,18-19H2,1-7H3/t20-,23+,24+,27-/m1/s1. The SMILES string of the molecule is COC(=O)C[C@H](C(=O)N1C(=O)OC[C@H]1C(c1ccccc1)c1ccccc1)[C@H](O)[C@@H](C)O[Si](C)(C)C(C)(C)C. The first-order valence-electron chi connectivity index (χ1n) is 13.3. The summed E-state index contributed by atoms with van der Waals surface area (Å²) in [5.41, 5.74) is 1.81. The molecule has 0 unspecified atom stereocenters. The normalized spacial score (nSPS) is 18.4. The van der Waals surface area contributed by atoms with Crippen LogP contribution in [0.25, 0.3) is 0 Å². The number of carbonyl (C=O) groups is 3. The van der Waals surface area contributed by atoms with Gasteiger partial charge in [0.05, 0.1) is 37.7 Å². The third-order valence-corrected chi connectivity index (χ3v) is 12.5. The molecule has 39 heavy (non-hydrogen) atoms. The second-order valence-electron chi connectivity index (χ2n) is 11.6. The maximum absolute atomic E-state index is 14.1. The van der Waals surface area contributed by atoms with E-state index >= 15 is 0 Å². The zero-order valence-electron chi connectivity index (χ0n) is 23.9. The molecule has 0 radical (unpaired) electrons. The van der Waals surface area contributed by atoms with E-state index in [4.69, 9.17) is 13.9 Å². The lowest BCUT2D eigenvalue weighted by Crippen LogP contribution is -2.53. The van der Waals surface area contributed by atoms with Crippen LogP contribution in [-0.2, 0) is 23.5 Å². The Bertz CT molecular complexity index is 1090. The smallest absolute Gasteiger partial charge is 0.417 e. The van der Waals surface area contributed by atoms with E-state index in [0.29, 0.717) is 0 Å². The fraction of sp³-hybridized carbons (Fsp3) is 0.500. The third kappa shape index (κ3) is 6.95. The van der Waals surface area contributed by atoms with E-state index in [1.165, 1.54) is 7.11 Å². The van der Waals surface area contributed by atoms with Crippen LogP contribution in [0.1, 0.15) is 51.2 Å². The van der Waals surface area contributed by atoms with Crippen LogP contribution in [0.5, 0.6) is 0 Å². The molecule has 0 saturated carbocycles. The molecule has 1 aliphatic rings. The molecule has 8 nitrogen and oxygen atoms in total. The number of methoxy groups -OCH3 is 1. The molecule has 212 valence electrons. The van der Waals surface area contributed by atoms with Crippen molar-refractivity contribution in [2.75, 3.05) is 13.7 Å². The Kier molecular flexibility index (Phi) is 9.74. The summed E-state index contributed by atoms with van der Waals surface area (Å²) in [5.74, 6) is -3.00. The quantitative estimate of drug-likeness (QED) is 0.321. The van der Waals surface area contributed by atoms with Crippen LogP contribution in [0.4, 0.5) is 4.79 Å². The summed E-state index contributed by atoms with van der Waals surface area (Å²) in [7, 11) is -1.10. The summed E-state index contributed by atoms with van der Waals surface area (Å²) >= 11 is 0. The molecule has 2 aromatic carbocycles. The van der Waals surface area contributed by atoms with E-state index in [0.717, 1.165) is 16.0 Å². The number of ether oxygens (including phenoxy) is 2. The second kappa shape index (κ2) is 12.4. The highest BCUT2D eigenvalue weighted by molar-refractivity contribution is 6.74. The Morgan fingerprint density at radius 3 is 2.03 bits per heavy atom. The molecule has 9 heteroatoms. The van der Waals surface area contributed by atoms with Crippen molar-refractivity contribution in [3.05, 3.63) is 71.8 Å². The van der Waals surface area contributed by atoms with Gasteiger partial charge in [0.2, 0.25) is 5.91 Å². The van der Waals surface area contributed by atoms with E-state index in [2.05, 4.69) is 20.8 Å². The topological polar surface area (TPSA) is 102 Å². The lowest BCUT2D eigenvalue weighted by Gasteiger charge is -2.40. The zero-order chi connectivity index (χ0) is 29.0. The van der Waals surface area contributed by atoms with Gasteiger partial charge in [-0.1, -0.05) is 81.4 Å². The van der Waals surface area contributed by atoms with Gasteiger partial charge in [-0.15, -0.1) is 0 Å². The number of aliphatic hydroxyl groups is 1. The van der Waals surface area contributed by atoms with Gasteiger partial charge in [0, 0.05) is 5.92 Å². The molecule has 0 aliphatic carbocycles. The highest BCUT2D eigenvalue weighted by Gasteiger charge is 2.49. The molecule has 0 bridgehead atoms. The minimum atomic E-state index is -2.32. The van der Waals surface area contributed by atoms with Gasteiger partial charge in [0.25, 0.3) is 0 Å². The first-order chi connectivity index (χ1) is 18.3.